The van der Waals surface area contributed by atoms with Gasteiger partial charge in [-0.15, -0.1) is 21.5 Å². The highest BCUT2D eigenvalue weighted by Gasteiger charge is 2.19. The molecule has 2 heterocycles. The van der Waals surface area contributed by atoms with Crippen LogP contribution in [0, 0.1) is 6.92 Å². The number of aryl methyl sites for hydroxylation is 1. The first-order chi connectivity index (χ1) is 14.0. The molecule has 0 fully saturated rings. The van der Waals surface area contributed by atoms with E-state index in [4.69, 9.17) is 11.6 Å². The lowest BCUT2D eigenvalue weighted by Gasteiger charge is -2.10. The lowest BCUT2D eigenvalue weighted by Crippen LogP contribution is -2.24. The number of hydrogen-bond donors (Lipinski definition) is 1. The minimum Gasteiger partial charge on any atom is -0.351 e. The number of thioether (sulfide) groups is 1. The second-order valence-electron chi connectivity index (χ2n) is 6.69. The number of amides is 1. The third-order valence-corrected chi connectivity index (χ3v) is 6.77. The smallest absolute Gasteiger partial charge is 0.230 e. The Morgan fingerprint density at radius 3 is 2.69 bits per heavy atom. The first-order valence-corrected chi connectivity index (χ1v) is 11.9. The van der Waals surface area contributed by atoms with Gasteiger partial charge in [0.25, 0.3) is 0 Å². The zero-order chi connectivity index (χ0) is 20.8. The Morgan fingerprint density at radius 2 is 2.00 bits per heavy atom. The Bertz CT molecular complexity index is 966. The molecule has 1 aromatic carbocycles. The largest absolute Gasteiger partial charge is 0.351 e. The summed E-state index contributed by atoms with van der Waals surface area (Å²) in [6.07, 6.45) is 1.95. The minimum atomic E-state index is -0.0295. The number of nitrogens with one attached hydrogen (secondary N) is 1. The standard InChI is InChI=1S/C21H25ClN4OS2/c1-4-10-26-20(18-12-28-14(3)17(18)5-2)24-25-21(26)29-13-19(27)23-11-15-6-8-16(22)9-7-15/h6-9,12H,4-5,10-11,13H2,1-3H3,(H,23,27). The molecule has 1 N–H and O–H groups in total. The molecule has 1 amide bonds. The fraction of sp³-hybridized carbons (Fsp3) is 0.381. The van der Waals surface area contributed by atoms with Crippen LogP contribution in [-0.2, 0) is 24.3 Å². The van der Waals surface area contributed by atoms with E-state index in [9.17, 15) is 4.79 Å². The van der Waals surface area contributed by atoms with Gasteiger partial charge in [0.05, 0.1) is 5.75 Å². The normalized spacial score (nSPS) is 11.0. The highest BCUT2D eigenvalue weighted by Crippen LogP contribution is 2.32. The summed E-state index contributed by atoms with van der Waals surface area (Å²) in [5, 5.41) is 15.4. The zero-order valence-corrected chi connectivity index (χ0v) is 19.3. The van der Waals surface area contributed by atoms with Crippen molar-refractivity contribution in [2.24, 2.45) is 0 Å². The highest BCUT2D eigenvalue weighted by molar-refractivity contribution is 7.99. The van der Waals surface area contributed by atoms with Crippen molar-refractivity contribution in [1.82, 2.24) is 20.1 Å². The van der Waals surface area contributed by atoms with E-state index in [0.29, 0.717) is 17.3 Å². The van der Waals surface area contributed by atoms with Crippen molar-refractivity contribution in [2.75, 3.05) is 5.75 Å². The minimum absolute atomic E-state index is 0.0295. The molecular formula is C21H25ClN4OS2. The van der Waals surface area contributed by atoms with Crippen LogP contribution >= 0.6 is 34.7 Å². The first kappa shape index (κ1) is 21.9. The molecular weight excluding hydrogens is 424 g/mol. The van der Waals surface area contributed by atoms with Gasteiger partial charge in [0.15, 0.2) is 11.0 Å². The molecule has 0 saturated heterocycles. The average molecular weight is 449 g/mol. The van der Waals surface area contributed by atoms with Crippen molar-refractivity contribution < 1.29 is 4.79 Å². The highest BCUT2D eigenvalue weighted by atomic mass is 35.5. The molecule has 3 rings (SSSR count). The van der Waals surface area contributed by atoms with Gasteiger partial charge >= 0.3 is 0 Å². The number of rotatable bonds is 9. The number of aromatic nitrogens is 3. The van der Waals surface area contributed by atoms with Crippen molar-refractivity contribution in [2.45, 2.75) is 51.9 Å². The maximum atomic E-state index is 12.3. The fourth-order valence-corrected chi connectivity index (χ4v) is 4.97. The van der Waals surface area contributed by atoms with E-state index in [2.05, 4.69) is 46.2 Å². The number of carbonyl (C=O) groups is 1. The van der Waals surface area contributed by atoms with E-state index in [-0.39, 0.29) is 5.91 Å². The van der Waals surface area contributed by atoms with Crippen molar-refractivity contribution in [3.8, 4) is 11.4 Å². The van der Waals surface area contributed by atoms with Crippen LogP contribution < -0.4 is 5.32 Å². The van der Waals surface area contributed by atoms with Crippen LogP contribution in [-0.4, -0.2) is 26.4 Å². The summed E-state index contributed by atoms with van der Waals surface area (Å²) in [5.41, 5.74) is 3.51. The zero-order valence-electron chi connectivity index (χ0n) is 16.9. The first-order valence-electron chi connectivity index (χ1n) is 9.67. The van der Waals surface area contributed by atoms with Crippen LogP contribution in [0.3, 0.4) is 0 Å². The third-order valence-electron chi connectivity index (χ3n) is 4.60. The van der Waals surface area contributed by atoms with Gasteiger partial charge in [-0.2, -0.15) is 0 Å². The average Bonchev–Trinajstić information content (AvgIpc) is 3.28. The summed E-state index contributed by atoms with van der Waals surface area (Å²) < 4.78 is 2.14. The molecule has 0 saturated carbocycles. The van der Waals surface area contributed by atoms with Crippen LogP contribution in [0.5, 0.6) is 0 Å². The number of thiophene rings is 1. The third kappa shape index (κ3) is 5.41. The lowest BCUT2D eigenvalue weighted by atomic mass is 10.1. The van der Waals surface area contributed by atoms with E-state index in [1.54, 1.807) is 11.3 Å². The molecule has 0 unspecified atom stereocenters. The van der Waals surface area contributed by atoms with Crippen LogP contribution in [0.2, 0.25) is 5.02 Å². The molecule has 0 aliphatic carbocycles. The summed E-state index contributed by atoms with van der Waals surface area (Å²) in [4.78, 5) is 13.6. The molecule has 0 aliphatic heterocycles. The van der Waals surface area contributed by atoms with E-state index in [1.807, 2.05) is 24.3 Å². The molecule has 0 radical (unpaired) electrons. The quantitative estimate of drug-likeness (QED) is 0.448. The van der Waals surface area contributed by atoms with E-state index in [0.717, 1.165) is 41.5 Å². The number of benzene rings is 1. The molecule has 8 heteroatoms. The van der Waals surface area contributed by atoms with E-state index >= 15 is 0 Å². The summed E-state index contributed by atoms with van der Waals surface area (Å²) in [6.45, 7) is 7.76. The fourth-order valence-electron chi connectivity index (χ4n) is 3.11. The number of carbonyl (C=O) groups excluding carboxylic acids is 1. The summed E-state index contributed by atoms with van der Waals surface area (Å²) in [7, 11) is 0. The predicted octanol–water partition coefficient (Wildman–Crippen LogP) is 5.35. The van der Waals surface area contributed by atoms with Gasteiger partial charge in [0, 0.05) is 33.9 Å². The molecule has 0 bridgehead atoms. The summed E-state index contributed by atoms with van der Waals surface area (Å²) in [6, 6.07) is 7.47. The lowest BCUT2D eigenvalue weighted by molar-refractivity contribution is -0.118. The van der Waals surface area contributed by atoms with Crippen molar-refractivity contribution in [3.05, 3.63) is 50.7 Å². The second-order valence-corrected chi connectivity index (χ2v) is 9.15. The van der Waals surface area contributed by atoms with Gasteiger partial charge < -0.3 is 9.88 Å². The van der Waals surface area contributed by atoms with Gasteiger partial charge in [0.2, 0.25) is 5.91 Å². The van der Waals surface area contributed by atoms with Crippen LogP contribution in [0.15, 0.2) is 34.8 Å². The topological polar surface area (TPSA) is 59.8 Å². The van der Waals surface area contributed by atoms with E-state index < -0.39 is 0 Å². The summed E-state index contributed by atoms with van der Waals surface area (Å²) >= 11 is 9.07. The van der Waals surface area contributed by atoms with Gasteiger partial charge in [-0.3, -0.25) is 4.79 Å². The SMILES string of the molecule is CCCn1c(SCC(=O)NCc2ccc(Cl)cc2)nnc1-c1csc(C)c1CC. The number of hydrogen-bond acceptors (Lipinski definition) is 5. The number of halogens is 1. The monoisotopic (exact) mass is 448 g/mol. The predicted molar refractivity (Wildman–Crippen MR) is 122 cm³/mol. The molecule has 0 aliphatic rings. The van der Waals surface area contributed by atoms with Gasteiger partial charge in [-0.1, -0.05) is 49.3 Å². The Kier molecular flexibility index (Phi) is 7.75. The second kappa shape index (κ2) is 10.3. The van der Waals surface area contributed by atoms with E-state index in [1.165, 1.54) is 22.2 Å². The molecule has 5 nitrogen and oxygen atoms in total. The molecule has 2 aromatic heterocycles. The molecule has 3 aromatic rings. The molecule has 0 spiro atoms. The molecule has 29 heavy (non-hydrogen) atoms. The maximum Gasteiger partial charge on any atom is 0.230 e. The van der Waals surface area contributed by atoms with Crippen LogP contribution in [0.4, 0.5) is 0 Å². The Balaban J connectivity index is 1.66. The Morgan fingerprint density at radius 1 is 1.24 bits per heavy atom. The van der Waals surface area contributed by atoms with Crippen molar-refractivity contribution >= 4 is 40.6 Å². The Labute approximate surface area is 184 Å². The van der Waals surface area contributed by atoms with Crippen molar-refractivity contribution in [3.63, 3.8) is 0 Å². The summed E-state index contributed by atoms with van der Waals surface area (Å²) in [5.74, 6) is 1.17. The van der Waals surface area contributed by atoms with Gasteiger partial charge in [-0.25, -0.2) is 0 Å². The van der Waals surface area contributed by atoms with Gasteiger partial charge in [0.1, 0.15) is 0 Å². The molecule has 154 valence electrons. The Hall–Kier alpha value is -1.83. The number of nitrogens with zero attached hydrogens (tertiary/aromatic N) is 3. The van der Waals surface area contributed by atoms with Crippen molar-refractivity contribution in [1.29, 1.82) is 0 Å². The molecule has 0 atom stereocenters. The van der Waals surface area contributed by atoms with Crippen LogP contribution in [0.25, 0.3) is 11.4 Å². The van der Waals surface area contributed by atoms with Gasteiger partial charge in [-0.05, 0) is 43.0 Å². The van der Waals surface area contributed by atoms with Crippen LogP contribution in [0.1, 0.15) is 36.3 Å². The maximum absolute atomic E-state index is 12.3.